The lowest BCUT2D eigenvalue weighted by molar-refractivity contribution is 0.0484. The van der Waals surface area contributed by atoms with Gasteiger partial charge in [0.2, 0.25) is 11.8 Å². The molecule has 6 nitrogen and oxygen atoms in total. The van der Waals surface area contributed by atoms with E-state index in [0.29, 0.717) is 24.9 Å². The first-order chi connectivity index (χ1) is 21.6. The highest BCUT2D eigenvalue weighted by molar-refractivity contribution is 5.72. The van der Waals surface area contributed by atoms with E-state index in [4.69, 9.17) is 9.47 Å². The summed E-state index contributed by atoms with van der Waals surface area (Å²) in [6.45, 7) is 6.93. The fourth-order valence-electron chi connectivity index (χ4n) is 5.67. The number of likely N-dealkylation sites (tertiary alicyclic amines) is 1. The van der Waals surface area contributed by atoms with Crippen LogP contribution in [0.2, 0.25) is 0 Å². The summed E-state index contributed by atoms with van der Waals surface area (Å²) in [4.78, 5) is 17.8. The minimum atomic E-state index is -0.922. The van der Waals surface area contributed by atoms with Gasteiger partial charge in [0.05, 0.1) is 11.1 Å². The van der Waals surface area contributed by atoms with E-state index in [1.165, 1.54) is 17.0 Å². The molecule has 4 aromatic rings. The quantitative estimate of drug-likeness (QED) is 0.204. The molecule has 1 saturated heterocycles. The second-order valence-corrected chi connectivity index (χ2v) is 12.4. The summed E-state index contributed by atoms with van der Waals surface area (Å²) in [6, 6.07) is 24.7. The molecule has 0 aliphatic carbocycles. The van der Waals surface area contributed by atoms with Gasteiger partial charge in [0.1, 0.15) is 24.8 Å². The SMILES string of the molecule is CC(C)(C)C1CC(C=Cc2cc(F)c(-c3ccc(OCc4ccccc4)nc3OCc3ccccc3)c(F)c2)CCN1C(=O)O. The number of rotatable bonds is 9. The minimum absolute atomic E-state index is 0.0592. The van der Waals surface area contributed by atoms with Crippen LogP contribution in [-0.2, 0) is 13.2 Å². The molecular weight excluding hydrogens is 574 g/mol. The van der Waals surface area contributed by atoms with Crippen molar-refractivity contribution in [1.82, 2.24) is 9.88 Å². The zero-order valence-electron chi connectivity index (χ0n) is 25.8. The van der Waals surface area contributed by atoms with Crippen LogP contribution in [0.15, 0.2) is 91.0 Å². The first-order valence-corrected chi connectivity index (χ1v) is 15.1. The maximum Gasteiger partial charge on any atom is 0.407 e. The van der Waals surface area contributed by atoms with E-state index in [-0.39, 0.29) is 53.5 Å². The molecule has 1 aliphatic rings. The number of allylic oxidation sites excluding steroid dienone is 1. The molecular formula is C37H38F2N2O4. The number of piperidine rings is 1. The number of nitrogens with zero attached hydrogens (tertiary/aromatic N) is 2. The smallest absolute Gasteiger partial charge is 0.407 e. The van der Waals surface area contributed by atoms with Crippen LogP contribution in [0.25, 0.3) is 17.2 Å². The van der Waals surface area contributed by atoms with E-state index in [0.717, 1.165) is 11.1 Å². The zero-order chi connectivity index (χ0) is 32.0. The highest BCUT2D eigenvalue weighted by atomic mass is 19.1. The number of carboxylic acid groups (broad SMARTS) is 1. The number of pyridine rings is 1. The molecule has 2 unspecified atom stereocenters. The van der Waals surface area contributed by atoms with Gasteiger partial charge in [-0.2, -0.15) is 4.98 Å². The summed E-state index contributed by atoms with van der Waals surface area (Å²) < 4.78 is 43.2. The van der Waals surface area contributed by atoms with Gasteiger partial charge in [-0.3, -0.25) is 0 Å². The van der Waals surface area contributed by atoms with E-state index >= 15 is 8.78 Å². The Hall–Kier alpha value is -4.72. The maximum absolute atomic E-state index is 15.7. The Labute approximate surface area is 263 Å². The van der Waals surface area contributed by atoms with Crippen LogP contribution in [0, 0.1) is 23.0 Å². The summed E-state index contributed by atoms with van der Waals surface area (Å²) in [5.41, 5.74) is 1.92. The minimum Gasteiger partial charge on any atom is -0.473 e. The number of ether oxygens (including phenoxy) is 2. The normalized spacial score (nSPS) is 17.0. The van der Waals surface area contributed by atoms with Crippen molar-refractivity contribution < 1.29 is 28.2 Å². The Morgan fingerprint density at radius 3 is 2.11 bits per heavy atom. The summed E-state index contributed by atoms with van der Waals surface area (Å²) in [5.74, 6) is -1.07. The van der Waals surface area contributed by atoms with E-state index in [2.05, 4.69) is 4.98 Å². The summed E-state index contributed by atoms with van der Waals surface area (Å²) in [7, 11) is 0. The van der Waals surface area contributed by atoms with Gasteiger partial charge in [-0.15, -0.1) is 0 Å². The van der Waals surface area contributed by atoms with Crippen molar-refractivity contribution in [3.8, 4) is 22.9 Å². The lowest BCUT2D eigenvalue weighted by atomic mass is 9.77. The lowest BCUT2D eigenvalue weighted by Gasteiger charge is -2.44. The predicted octanol–water partition coefficient (Wildman–Crippen LogP) is 9.00. The molecule has 1 aliphatic heterocycles. The molecule has 8 heteroatoms. The molecule has 5 rings (SSSR count). The van der Waals surface area contributed by atoms with Crippen LogP contribution in [0.5, 0.6) is 11.8 Å². The average Bonchev–Trinajstić information content (AvgIpc) is 3.02. The molecule has 1 N–H and O–H groups in total. The van der Waals surface area contributed by atoms with Gasteiger partial charge < -0.3 is 19.5 Å². The van der Waals surface area contributed by atoms with Gasteiger partial charge in [-0.1, -0.05) is 93.6 Å². The monoisotopic (exact) mass is 612 g/mol. The van der Waals surface area contributed by atoms with Crippen molar-refractivity contribution in [1.29, 1.82) is 0 Å². The first kappa shape index (κ1) is 31.7. The van der Waals surface area contributed by atoms with Gasteiger partial charge in [-0.05, 0) is 59.1 Å². The fraction of sp³-hybridized carbons (Fsp3) is 0.297. The Balaban J connectivity index is 1.38. The number of aromatic nitrogens is 1. The summed E-state index contributed by atoms with van der Waals surface area (Å²) >= 11 is 0. The number of benzene rings is 3. The number of hydrogen-bond donors (Lipinski definition) is 1. The third-order valence-corrected chi connectivity index (χ3v) is 8.07. The number of carbonyl (C=O) groups is 1. The van der Waals surface area contributed by atoms with Crippen molar-refractivity contribution >= 4 is 12.2 Å². The van der Waals surface area contributed by atoms with Crippen LogP contribution in [0.4, 0.5) is 13.6 Å². The third kappa shape index (κ3) is 8.06. The molecule has 0 saturated carbocycles. The van der Waals surface area contributed by atoms with Crippen molar-refractivity contribution in [2.45, 2.75) is 52.9 Å². The number of amides is 1. The highest BCUT2D eigenvalue weighted by Gasteiger charge is 2.38. The largest absolute Gasteiger partial charge is 0.473 e. The lowest BCUT2D eigenvalue weighted by Crippen LogP contribution is -2.51. The van der Waals surface area contributed by atoms with Gasteiger partial charge in [-0.25, -0.2) is 13.6 Å². The highest BCUT2D eigenvalue weighted by Crippen LogP contribution is 2.37. The van der Waals surface area contributed by atoms with Crippen LogP contribution in [-0.4, -0.2) is 33.7 Å². The molecule has 234 valence electrons. The van der Waals surface area contributed by atoms with Gasteiger partial charge in [0, 0.05) is 18.7 Å². The molecule has 1 aromatic heterocycles. The topological polar surface area (TPSA) is 71.9 Å². The van der Waals surface area contributed by atoms with Gasteiger partial charge in [0.25, 0.3) is 0 Å². The van der Waals surface area contributed by atoms with Crippen molar-refractivity contribution in [2.75, 3.05) is 6.54 Å². The van der Waals surface area contributed by atoms with Gasteiger partial charge >= 0.3 is 6.09 Å². The second-order valence-electron chi connectivity index (χ2n) is 12.4. The Bertz CT molecular complexity index is 1610. The Kier molecular flexibility index (Phi) is 9.81. The molecule has 3 aromatic carbocycles. The molecule has 0 radical (unpaired) electrons. The van der Waals surface area contributed by atoms with Crippen LogP contribution >= 0.6 is 0 Å². The molecule has 0 bridgehead atoms. The maximum atomic E-state index is 15.7. The molecule has 2 atom stereocenters. The second kappa shape index (κ2) is 13.9. The zero-order valence-corrected chi connectivity index (χ0v) is 25.8. The van der Waals surface area contributed by atoms with Crippen molar-refractivity contribution in [2.24, 2.45) is 11.3 Å². The summed E-state index contributed by atoms with van der Waals surface area (Å²) in [5, 5.41) is 9.65. The molecule has 1 amide bonds. The van der Waals surface area contributed by atoms with E-state index in [1.54, 1.807) is 18.2 Å². The van der Waals surface area contributed by atoms with E-state index in [9.17, 15) is 9.90 Å². The third-order valence-electron chi connectivity index (χ3n) is 8.07. The fourth-order valence-corrected chi connectivity index (χ4v) is 5.67. The van der Waals surface area contributed by atoms with E-state index in [1.807, 2.05) is 87.5 Å². The molecule has 45 heavy (non-hydrogen) atoms. The van der Waals surface area contributed by atoms with E-state index < -0.39 is 17.7 Å². The van der Waals surface area contributed by atoms with Gasteiger partial charge in [0.15, 0.2) is 0 Å². The summed E-state index contributed by atoms with van der Waals surface area (Å²) in [6.07, 6.45) is 4.00. The molecule has 2 heterocycles. The van der Waals surface area contributed by atoms with Crippen molar-refractivity contribution in [3.63, 3.8) is 0 Å². The Morgan fingerprint density at radius 2 is 1.53 bits per heavy atom. The number of hydrogen-bond acceptors (Lipinski definition) is 4. The van der Waals surface area contributed by atoms with Crippen LogP contribution < -0.4 is 9.47 Å². The van der Waals surface area contributed by atoms with Crippen LogP contribution in [0.3, 0.4) is 0 Å². The molecule has 1 fully saturated rings. The Morgan fingerprint density at radius 1 is 0.933 bits per heavy atom. The first-order valence-electron chi connectivity index (χ1n) is 15.1. The van der Waals surface area contributed by atoms with Crippen molar-refractivity contribution in [3.05, 3.63) is 119 Å². The van der Waals surface area contributed by atoms with Crippen LogP contribution in [0.1, 0.15) is 50.3 Å². The number of halogens is 2. The predicted molar refractivity (Wildman–Crippen MR) is 171 cm³/mol. The standard InChI is InChI=1S/C37H38F2N2O4/c1-37(2,3)32-22-25(18-19-41(32)36(42)43)14-15-28-20-30(38)34(31(39)21-28)29-16-17-33(44-23-26-10-6-4-7-11-26)40-35(29)45-24-27-12-8-5-9-13-27/h4-17,20-21,25,32H,18-19,22-24H2,1-3H3,(H,42,43). The average molecular weight is 613 g/mol. The molecule has 0 spiro atoms.